The molecule has 0 fully saturated rings. The normalized spacial score (nSPS) is 13.6. The number of benzene rings is 2. The Kier molecular flexibility index (Phi) is 3.24. The molecule has 0 bridgehead atoms. The third kappa shape index (κ3) is 2.56. The number of rotatable bonds is 2. The molecule has 0 aromatic heterocycles. The first-order valence-corrected chi connectivity index (χ1v) is 6.65. The van der Waals surface area contributed by atoms with Gasteiger partial charge >= 0.3 is 0 Å². The number of aryl methyl sites for hydroxylation is 1. The van der Waals surface area contributed by atoms with Crippen molar-refractivity contribution in [3.63, 3.8) is 0 Å². The van der Waals surface area contributed by atoms with E-state index in [9.17, 15) is 4.79 Å². The van der Waals surface area contributed by atoms with Crippen LogP contribution in [-0.4, -0.2) is 5.91 Å². The molecule has 1 aliphatic rings. The summed E-state index contributed by atoms with van der Waals surface area (Å²) < 4.78 is 5.76. The second-order valence-corrected chi connectivity index (χ2v) is 5.09. The van der Waals surface area contributed by atoms with Crippen molar-refractivity contribution >= 4 is 28.9 Å². The van der Waals surface area contributed by atoms with E-state index >= 15 is 0 Å². The van der Waals surface area contributed by atoms with Crippen molar-refractivity contribution < 1.29 is 9.53 Å². The van der Waals surface area contributed by atoms with E-state index in [1.54, 1.807) is 24.3 Å². The maximum atomic E-state index is 11.3. The molecule has 102 valence electrons. The first-order chi connectivity index (χ1) is 9.61. The second kappa shape index (κ2) is 5.06. The number of hydrogen-bond acceptors (Lipinski definition) is 3. The summed E-state index contributed by atoms with van der Waals surface area (Å²) >= 11 is 5.85. The van der Waals surface area contributed by atoms with Crippen LogP contribution in [0.2, 0.25) is 5.02 Å². The van der Waals surface area contributed by atoms with Gasteiger partial charge < -0.3 is 15.8 Å². The maximum Gasteiger partial charge on any atom is 0.224 e. The molecular formula is C15H13ClN2O2. The number of fused-ring (bicyclic) bond motifs is 1. The molecule has 4 nitrogen and oxygen atoms in total. The summed E-state index contributed by atoms with van der Waals surface area (Å²) in [7, 11) is 0. The number of carbonyl (C=O) groups excluding carboxylic acids is 1. The van der Waals surface area contributed by atoms with Crippen molar-refractivity contribution in [2.75, 3.05) is 11.1 Å². The highest BCUT2D eigenvalue weighted by Crippen LogP contribution is 2.33. The molecule has 3 rings (SSSR count). The zero-order valence-corrected chi connectivity index (χ0v) is 11.4. The SMILES string of the molecule is Nc1cc(Cl)ccc1Oc1ccc2c(c1)CCC(=O)N2. The molecule has 1 heterocycles. The molecule has 2 aromatic carbocycles. The molecule has 3 N–H and O–H groups in total. The van der Waals surface area contributed by atoms with Crippen LogP contribution in [0, 0.1) is 0 Å². The minimum Gasteiger partial charge on any atom is -0.455 e. The van der Waals surface area contributed by atoms with Gasteiger partial charge in [-0.05, 0) is 48.4 Å². The van der Waals surface area contributed by atoms with E-state index in [1.807, 2.05) is 12.1 Å². The van der Waals surface area contributed by atoms with Crippen molar-refractivity contribution in [2.45, 2.75) is 12.8 Å². The topological polar surface area (TPSA) is 64.3 Å². The maximum absolute atomic E-state index is 11.3. The average molecular weight is 289 g/mol. The third-order valence-electron chi connectivity index (χ3n) is 3.17. The number of nitrogens with two attached hydrogens (primary N) is 1. The highest BCUT2D eigenvalue weighted by atomic mass is 35.5. The predicted molar refractivity (Wildman–Crippen MR) is 79.3 cm³/mol. The standard InChI is InChI=1S/C15H13ClN2O2/c16-10-2-5-14(12(17)8-10)20-11-3-4-13-9(7-11)1-6-15(19)18-13/h2-5,7-8H,1,6,17H2,(H,18,19). The van der Waals surface area contributed by atoms with Gasteiger partial charge in [0.2, 0.25) is 5.91 Å². The largest absolute Gasteiger partial charge is 0.455 e. The Balaban J connectivity index is 1.86. The van der Waals surface area contributed by atoms with Crippen LogP contribution >= 0.6 is 11.6 Å². The molecule has 5 heteroatoms. The Labute approximate surface area is 121 Å². The lowest BCUT2D eigenvalue weighted by Crippen LogP contribution is -2.18. The van der Waals surface area contributed by atoms with Crippen molar-refractivity contribution in [1.82, 2.24) is 0 Å². The number of amides is 1. The Morgan fingerprint density at radius 3 is 2.80 bits per heavy atom. The molecule has 0 saturated carbocycles. The van der Waals surface area contributed by atoms with Crippen LogP contribution in [0.25, 0.3) is 0 Å². The minimum atomic E-state index is 0.0492. The van der Waals surface area contributed by atoms with E-state index < -0.39 is 0 Å². The van der Waals surface area contributed by atoms with Crippen LogP contribution < -0.4 is 15.8 Å². The van der Waals surface area contributed by atoms with Gasteiger partial charge in [-0.15, -0.1) is 0 Å². The van der Waals surface area contributed by atoms with Gasteiger partial charge in [0.25, 0.3) is 0 Å². The number of carbonyl (C=O) groups is 1. The molecule has 20 heavy (non-hydrogen) atoms. The van der Waals surface area contributed by atoms with Gasteiger partial charge in [0, 0.05) is 17.1 Å². The lowest BCUT2D eigenvalue weighted by Gasteiger charge is -2.18. The van der Waals surface area contributed by atoms with Crippen LogP contribution in [0.5, 0.6) is 11.5 Å². The number of halogens is 1. The zero-order chi connectivity index (χ0) is 14.1. The van der Waals surface area contributed by atoms with Crippen molar-refractivity contribution in [2.24, 2.45) is 0 Å². The van der Waals surface area contributed by atoms with Gasteiger partial charge in [-0.2, -0.15) is 0 Å². The summed E-state index contributed by atoms with van der Waals surface area (Å²) in [5, 5.41) is 3.41. The molecule has 2 aromatic rings. The van der Waals surface area contributed by atoms with Crippen LogP contribution in [0.4, 0.5) is 11.4 Å². The van der Waals surface area contributed by atoms with Gasteiger partial charge in [0.05, 0.1) is 5.69 Å². The van der Waals surface area contributed by atoms with Gasteiger partial charge in [-0.3, -0.25) is 4.79 Å². The first-order valence-electron chi connectivity index (χ1n) is 6.27. The Morgan fingerprint density at radius 2 is 2.00 bits per heavy atom. The highest BCUT2D eigenvalue weighted by Gasteiger charge is 2.15. The molecule has 0 radical (unpaired) electrons. The van der Waals surface area contributed by atoms with Gasteiger partial charge in [0.1, 0.15) is 11.5 Å². The summed E-state index contributed by atoms with van der Waals surface area (Å²) in [6.45, 7) is 0. The Morgan fingerprint density at radius 1 is 1.15 bits per heavy atom. The first kappa shape index (κ1) is 12.8. The van der Waals surface area contributed by atoms with E-state index in [0.717, 1.165) is 11.3 Å². The molecular weight excluding hydrogens is 276 g/mol. The molecule has 0 aliphatic carbocycles. The smallest absolute Gasteiger partial charge is 0.224 e. The number of nitrogen functional groups attached to an aromatic ring is 1. The minimum absolute atomic E-state index is 0.0492. The molecule has 0 unspecified atom stereocenters. The fourth-order valence-corrected chi connectivity index (χ4v) is 2.34. The molecule has 0 spiro atoms. The number of anilines is 2. The van der Waals surface area contributed by atoms with E-state index in [4.69, 9.17) is 22.1 Å². The van der Waals surface area contributed by atoms with E-state index in [1.165, 1.54) is 0 Å². The van der Waals surface area contributed by atoms with E-state index in [-0.39, 0.29) is 5.91 Å². The molecule has 1 aliphatic heterocycles. The van der Waals surface area contributed by atoms with Crippen molar-refractivity contribution in [3.05, 3.63) is 47.0 Å². The Bertz CT molecular complexity index is 686. The highest BCUT2D eigenvalue weighted by molar-refractivity contribution is 6.30. The van der Waals surface area contributed by atoms with Crippen molar-refractivity contribution in [3.8, 4) is 11.5 Å². The summed E-state index contributed by atoms with van der Waals surface area (Å²) in [5.74, 6) is 1.30. The number of hydrogen-bond donors (Lipinski definition) is 2. The van der Waals surface area contributed by atoms with E-state index in [0.29, 0.717) is 35.1 Å². The van der Waals surface area contributed by atoms with Crippen LogP contribution in [0.3, 0.4) is 0 Å². The fourth-order valence-electron chi connectivity index (χ4n) is 2.16. The van der Waals surface area contributed by atoms with Crippen LogP contribution in [-0.2, 0) is 11.2 Å². The third-order valence-corrected chi connectivity index (χ3v) is 3.41. The fraction of sp³-hybridized carbons (Fsp3) is 0.133. The van der Waals surface area contributed by atoms with Gasteiger partial charge in [-0.1, -0.05) is 11.6 Å². The Hall–Kier alpha value is -2.20. The predicted octanol–water partition coefficient (Wildman–Crippen LogP) is 3.60. The quantitative estimate of drug-likeness (QED) is 0.830. The van der Waals surface area contributed by atoms with Gasteiger partial charge in [-0.25, -0.2) is 0 Å². The molecule has 0 atom stereocenters. The van der Waals surface area contributed by atoms with Gasteiger partial charge in [0.15, 0.2) is 0 Å². The zero-order valence-electron chi connectivity index (χ0n) is 10.7. The molecule has 0 saturated heterocycles. The average Bonchev–Trinajstić information content (AvgIpc) is 2.42. The summed E-state index contributed by atoms with van der Waals surface area (Å²) in [6, 6.07) is 10.7. The second-order valence-electron chi connectivity index (χ2n) is 4.65. The summed E-state index contributed by atoms with van der Waals surface area (Å²) in [4.78, 5) is 11.3. The lowest BCUT2D eigenvalue weighted by atomic mass is 10.0. The van der Waals surface area contributed by atoms with Crippen LogP contribution in [0.15, 0.2) is 36.4 Å². The molecule has 1 amide bonds. The summed E-state index contributed by atoms with van der Waals surface area (Å²) in [5.41, 5.74) is 8.26. The monoisotopic (exact) mass is 288 g/mol. The lowest BCUT2D eigenvalue weighted by molar-refractivity contribution is -0.116. The number of nitrogens with one attached hydrogen (secondary N) is 1. The van der Waals surface area contributed by atoms with Crippen molar-refractivity contribution in [1.29, 1.82) is 0 Å². The number of ether oxygens (including phenoxy) is 1. The summed E-state index contributed by atoms with van der Waals surface area (Å²) in [6.07, 6.45) is 1.22. The van der Waals surface area contributed by atoms with E-state index in [2.05, 4.69) is 5.32 Å². The van der Waals surface area contributed by atoms with Crippen LogP contribution in [0.1, 0.15) is 12.0 Å².